The lowest BCUT2D eigenvalue weighted by molar-refractivity contribution is -0.125. The van der Waals surface area contributed by atoms with E-state index < -0.39 is 5.54 Å². The van der Waals surface area contributed by atoms with Crippen LogP contribution in [0.3, 0.4) is 0 Å². The highest BCUT2D eigenvalue weighted by Crippen LogP contribution is 2.37. The first-order chi connectivity index (χ1) is 15.6. The van der Waals surface area contributed by atoms with Crippen molar-refractivity contribution in [1.29, 1.82) is 5.26 Å². The molecule has 164 valence electrons. The number of benzene rings is 2. The molecule has 5 rings (SSSR count). The second kappa shape index (κ2) is 8.17. The molecule has 0 aliphatic carbocycles. The number of nitrogens with one attached hydrogen (secondary N) is 2. The second-order valence-corrected chi connectivity index (χ2v) is 8.64. The van der Waals surface area contributed by atoms with Crippen molar-refractivity contribution in [3.63, 3.8) is 0 Å². The number of rotatable bonds is 3. The van der Waals surface area contributed by atoms with Crippen molar-refractivity contribution >= 4 is 23.3 Å². The number of carbonyl (C=O) groups excluding carboxylic acids is 2. The summed E-state index contributed by atoms with van der Waals surface area (Å²) in [5.41, 5.74) is 1.58. The lowest BCUT2D eigenvalue weighted by Gasteiger charge is -2.50. The highest BCUT2D eigenvalue weighted by molar-refractivity contribution is 5.93. The Balaban J connectivity index is 1.17. The van der Waals surface area contributed by atoms with Crippen LogP contribution < -0.4 is 15.5 Å². The van der Waals surface area contributed by atoms with E-state index in [1.165, 1.54) is 0 Å². The van der Waals surface area contributed by atoms with E-state index in [0.717, 1.165) is 31.6 Å². The highest BCUT2D eigenvalue weighted by atomic mass is 16.2. The normalized spacial score (nSPS) is 20.5. The summed E-state index contributed by atoms with van der Waals surface area (Å²) in [4.78, 5) is 31.7. The minimum absolute atomic E-state index is 0.117. The molecule has 8 heteroatoms. The monoisotopic (exact) mass is 430 g/mol. The summed E-state index contributed by atoms with van der Waals surface area (Å²) in [5, 5.41) is 15.1. The van der Waals surface area contributed by atoms with Gasteiger partial charge < -0.3 is 20.4 Å². The Hall–Kier alpha value is -3.57. The highest BCUT2D eigenvalue weighted by Gasteiger charge is 2.51. The molecule has 3 aliphatic rings. The van der Waals surface area contributed by atoms with Gasteiger partial charge in [0.25, 0.3) is 0 Å². The average Bonchev–Trinajstić information content (AvgIpc) is 3.10. The standard InChI is InChI=1S/C24H26N6O2/c25-14-18-6-4-5-9-21(18)27-23(32)29-15-20(16-29)28-12-10-24(11-13-28)22(31)26-17-30(24)19-7-2-1-3-8-19/h1-9,20H,10-13,15-17H2,(H,26,31)(H,27,32). The third-order valence-electron chi connectivity index (χ3n) is 6.99. The Kier molecular flexibility index (Phi) is 5.19. The molecular weight excluding hydrogens is 404 g/mol. The molecule has 2 aromatic carbocycles. The maximum Gasteiger partial charge on any atom is 0.321 e. The van der Waals surface area contributed by atoms with Crippen molar-refractivity contribution in [2.75, 3.05) is 43.1 Å². The molecular formula is C24H26N6O2. The number of para-hydroxylation sites is 2. The predicted molar refractivity (Wildman–Crippen MR) is 121 cm³/mol. The number of urea groups is 1. The molecule has 0 radical (unpaired) electrons. The zero-order valence-electron chi connectivity index (χ0n) is 17.8. The molecule has 3 amide bonds. The molecule has 0 unspecified atom stereocenters. The quantitative estimate of drug-likeness (QED) is 0.779. The Morgan fingerprint density at radius 1 is 1.06 bits per heavy atom. The number of nitrogens with zero attached hydrogens (tertiary/aromatic N) is 4. The third-order valence-corrected chi connectivity index (χ3v) is 6.99. The predicted octanol–water partition coefficient (Wildman–Crippen LogP) is 2.20. The van der Waals surface area contributed by atoms with Crippen LogP contribution in [0.15, 0.2) is 54.6 Å². The van der Waals surface area contributed by atoms with Crippen molar-refractivity contribution < 1.29 is 9.59 Å². The van der Waals surface area contributed by atoms with Crippen molar-refractivity contribution in [2.24, 2.45) is 0 Å². The van der Waals surface area contributed by atoms with Crippen molar-refractivity contribution in [1.82, 2.24) is 15.1 Å². The third kappa shape index (κ3) is 3.45. The van der Waals surface area contributed by atoms with Gasteiger partial charge in [-0.15, -0.1) is 0 Å². The van der Waals surface area contributed by atoms with Crippen LogP contribution in [0.1, 0.15) is 18.4 Å². The van der Waals surface area contributed by atoms with E-state index in [4.69, 9.17) is 0 Å². The van der Waals surface area contributed by atoms with E-state index in [9.17, 15) is 14.9 Å². The number of carbonyl (C=O) groups is 2. The number of piperidine rings is 1. The van der Waals surface area contributed by atoms with Gasteiger partial charge in [0, 0.05) is 37.9 Å². The summed E-state index contributed by atoms with van der Waals surface area (Å²) in [6.07, 6.45) is 1.54. The lowest BCUT2D eigenvalue weighted by Crippen LogP contribution is -2.65. The molecule has 32 heavy (non-hydrogen) atoms. The van der Waals surface area contributed by atoms with Crippen LogP contribution in [0, 0.1) is 11.3 Å². The van der Waals surface area contributed by atoms with Gasteiger partial charge in [-0.05, 0) is 37.1 Å². The van der Waals surface area contributed by atoms with Crippen LogP contribution in [-0.4, -0.2) is 66.2 Å². The van der Waals surface area contributed by atoms with Gasteiger partial charge in [0.2, 0.25) is 5.91 Å². The Labute approximate surface area is 187 Å². The molecule has 3 aliphatic heterocycles. The first-order valence-electron chi connectivity index (χ1n) is 11.0. The van der Waals surface area contributed by atoms with Gasteiger partial charge in [-0.3, -0.25) is 9.69 Å². The lowest BCUT2D eigenvalue weighted by atomic mass is 9.84. The summed E-state index contributed by atoms with van der Waals surface area (Å²) >= 11 is 0. The zero-order valence-corrected chi connectivity index (χ0v) is 17.8. The van der Waals surface area contributed by atoms with E-state index in [-0.39, 0.29) is 11.9 Å². The van der Waals surface area contributed by atoms with Gasteiger partial charge in [0.05, 0.1) is 17.9 Å². The van der Waals surface area contributed by atoms with Crippen molar-refractivity contribution in [3.05, 3.63) is 60.2 Å². The number of amides is 3. The van der Waals surface area contributed by atoms with Crippen molar-refractivity contribution in [3.8, 4) is 6.07 Å². The summed E-state index contributed by atoms with van der Waals surface area (Å²) < 4.78 is 0. The van der Waals surface area contributed by atoms with Crippen LogP contribution >= 0.6 is 0 Å². The summed E-state index contributed by atoms with van der Waals surface area (Å²) in [7, 11) is 0. The van der Waals surface area contributed by atoms with Gasteiger partial charge in [-0.1, -0.05) is 30.3 Å². The van der Waals surface area contributed by atoms with Gasteiger partial charge in [-0.25, -0.2) is 4.79 Å². The van der Waals surface area contributed by atoms with Gasteiger partial charge >= 0.3 is 6.03 Å². The van der Waals surface area contributed by atoms with Gasteiger partial charge in [0.1, 0.15) is 11.6 Å². The molecule has 0 atom stereocenters. The first kappa shape index (κ1) is 20.3. The Morgan fingerprint density at radius 2 is 1.75 bits per heavy atom. The molecule has 2 N–H and O–H groups in total. The minimum Gasteiger partial charge on any atom is -0.339 e. The van der Waals surface area contributed by atoms with E-state index >= 15 is 0 Å². The van der Waals surface area contributed by atoms with Crippen LogP contribution in [-0.2, 0) is 4.79 Å². The summed E-state index contributed by atoms with van der Waals surface area (Å²) in [6.45, 7) is 3.51. The maximum absolute atomic E-state index is 12.8. The van der Waals surface area contributed by atoms with Crippen LogP contribution in [0.2, 0.25) is 0 Å². The summed E-state index contributed by atoms with van der Waals surface area (Å²) in [6, 6.07) is 19.3. The number of hydrogen-bond donors (Lipinski definition) is 2. The Morgan fingerprint density at radius 3 is 2.47 bits per heavy atom. The number of likely N-dealkylation sites (tertiary alicyclic amines) is 2. The molecule has 1 spiro atoms. The van der Waals surface area contributed by atoms with Gasteiger partial charge in [-0.2, -0.15) is 5.26 Å². The average molecular weight is 431 g/mol. The fraction of sp³-hybridized carbons (Fsp3) is 0.375. The van der Waals surface area contributed by atoms with Crippen LogP contribution in [0.5, 0.6) is 0 Å². The molecule has 3 heterocycles. The fourth-order valence-electron chi connectivity index (χ4n) is 5.03. The SMILES string of the molecule is N#Cc1ccccc1NC(=O)N1CC(N2CCC3(CC2)C(=O)NCN3c2ccccc2)C1. The largest absolute Gasteiger partial charge is 0.339 e. The smallest absolute Gasteiger partial charge is 0.321 e. The first-order valence-corrected chi connectivity index (χ1v) is 11.0. The maximum atomic E-state index is 12.8. The Bertz CT molecular complexity index is 1050. The molecule has 3 saturated heterocycles. The molecule has 0 bridgehead atoms. The molecule has 8 nitrogen and oxygen atoms in total. The molecule has 0 saturated carbocycles. The minimum atomic E-state index is -0.486. The number of hydrogen-bond acceptors (Lipinski definition) is 5. The molecule has 3 fully saturated rings. The van der Waals surface area contributed by atoms with Crippen LogP contribution in [0.25, 0.3) is 0 Å². The topological polar surface area (TPSA) is 91.7 Å². The molecule has 2 aromatic rings. The number of anilines is 2. The molecule has 0 aromatic heterocycles. The van der Waals surface area contributed by atoms with E-state index in [1.807, 2.05) is 18.2 Å². The second-order valence-electron chi connectivity index (χ2n) is 8.64. The van der Waals surface area contributed by atoms with E-state index in [2.05, 4.69) is 38.6 Å². The van der Waals surface area contributed by atoms with E-state index in [1.54, 1.807) is 29.2 Å². The zero-order chi connectivity index (χ0) is 22.1. The van der Waals surface area contributed by atoms with Crippen molar-refractivity contribution in [2.45, 2.75) is 24.4 Å². The number of nitriles is 1. The van der Waals surface area contributed by atoms with Gasteiger partial charge in [0.15, 0.2) is 0 Å². The summed E-state index contributed by atoms with van der Waals surface area (Å²) in [5.74, 6) is 0.117. The van der Waals surface area contributed by atoms with E-state index in [0.29, 0.717) is 37.1 Å². The van der Waals surface area contributed by atoms with Crippen LogP contribution in [0.4, 0.5) is 16.2 Å². The fourth-order valence-corrected chi connectivity index (χ4v) is 5.03.